The summed E-state index contributed by atoms with van der Waals surface area (Å²) in [6.07, 6.45) is -0.671. The predicted molar refractivity (Wildman–Crippen MR) is 143 cm³/mol. The normalized spacial score (nSPS) is 18.2. The first-order valence-electron chi connectivity index (χ1n) is 13.8. The smallest absolute Gasteiger partial charge is 0.456 e. The Labute approximate surface area is 242 Å². The molecular weight excluding hydrogens is 574 g/mol. The molecule has 6 heterocycles. The van der Waals surface area contributed by atoms with Crippen LogP contribution in [0.25, 0.3) is 33.8 Å². The van der Waals surface area contributed by atoms with Gasteiger partial charge in [-0.2, -0.15) is 33.7 Å². The minimum absolute atomic E-state index is 0.125. The Morgan fingerprint density at radius 1 is 1.21 bits per heavy atom. The molecule has 0 radical (unpaired) electrons. The zero-order valence-corrected chi connectivity index (χ0v) is 23.1. The van der Waals surface area contributed by atoms with Crippen molar-refractivity contribution in [3.8, 4) is 28.8 Å². The van der Waals surface area contributed by atoms with Crippen LogP contribution in [-0.2, 0) is 27.9 Å². The third-order valence-electron chi connectivity index (χ3n) is 7.66. The van der Waals surface area contributed by atoms with E-state index in [1.165, 1.54) is 9.36 Å². The molecule has 226 valence electrons. The third-order valence-corrected chi connectivity index (χ3v) is 7.66. The van der Waals surface area contributed by atoms with E-state index in [1.807, 2.05) is 4.90 Å². The molecule has 0 aliphatic carbocycles. The Morgan fingerprint density at radius 2 is 2.00 bits per heavy atom. The molecule has 6 rings (SSSR count). The summed E-state index contributed by atoms with van der Waals surface area (Å²) in [6.45, 7) is 0.915. The summed E-state index contributed by atoms with van der Waals surface area (Å²) < 4.78 is 68.5. The van der Waals surface area contributed by atoms with E-state index >= 15 is 0 Å². The molecule has 0 saturated carbocycles. The van der Waals surface area contributed by atoms with E-state index in [0.717, 1.165) is 25.5 Å². The number of aryl methyl sites for hydroxylation is 1. The topological polar surface area (TPSA) is 129 Å². The molecule has 2 aliphatic heterocycles. The second-order valence-electron chi connectivity index (χ2n) is 10.4. The summed E-state index contributed by atoms with van der Waals surface area (Å²) >= 11 is 0. The van der Waals surface area contributed by atoms with Crippen molar-refractivity contribution >= 4 is 22.7 Å². The fourth-order valence-corrected chi connectivity index (χ4v) is 5.66. The lowest BCUT2D eigenvalue weighted by atomic mass is 10.1. The lowest BCUT2D eigenvalue weighted by Crippen LogP contribution is -2.40. The van der Waals surface area contributed by atoms with Crippen LogP contribution in [0.15, 0.2) is 24.5 Å². The Morgan fingerprint density at radius 3 is 2.65 bits per heavy atom. The molecule has 0 spiro atoms. The van der Waals surface area contributed by atoms with E-state index in [0.29, 0.717) is 34.7 Å². The van der Waals surface area contributed by atoms with Gasteiger partial charge >= 0.3 is 12.1 Å². The number of nitrogens with zero attached hydrogens (tertiary/aromatic N) is 9. The van der Waals surface area contributed by atoms with Gasteiger partial charge in [-0.05, 0) is 31.4 Å². The van der Waals surface area contributed by atoms with Crippen molar-refractivity contribution in [1.82, 2.24) is 34.3 Å². The first-order valence-corrected chi connectivity index (χ1v) is 13.8. The Hall–Kier alpha value is -4.52. The summed E-state index contributed by atoms with van der Waals surface area (Å²) in [5.41, 5.74) is 2.82. The van der Waals surface area contributed by atoms with E-state index in [-0.39, 0.29) is 50.1 Å². The van der Waals surface area contributed by atoms with Gasteiger partial charge in [0, 0.05) is 45.8 Å². The summed E-state index contributed by atoms with van der Waals surface area (Å²) in [5.74, 6) is -2.81. The van der Waals surface area contributed by atoms with Gasteiger partial charge in [0.2, 0.25) is 0 Å². The third kappa shape index (κ3) is 5.40. The van der Waals surface area contributed by atoms with Crippen molar-refractivity contribution in [1.29, 1.82) is 5.26 Å². The molecule has 1 atom stereocenters. The number of esters is 1. The lowest BCUT2D eigenvalue weighted by molar-refractivity contribution is -0.205. The summed E-state index contributed by atoms with van der Waals surface area (Å²) in [7, 11) is 1.58. The van der Waals surface area contributed by atoms with Gasteiger partial charge in [-0.3, -0.25) is 4.68 Å². The number of carbonyl (C=O) groups is 1. The van der Waals surface area contributed by atoms with Crippen LogP contribution in [0.4, 0.5) is 23.2 Å². The van der Waals surface area contributed by atoms with E-state index in [2.05, 4.69) is 21.0 Å². The number of rotatable bonds is 6. The number of alkyl halides is 3. The van der Waals surface area contributed by atoms with Gasteiger partial charge in [0.15, 0.2) is 12.0 Å². The van der Waals surface area contributed by atoms with Crippen LogP contribution in [0.1, 0.15) is 38.3 Å². The molecule has 12 nitrogen and oxygen atoms in total. The number of ether oxygens (including phenoxy) is 2. The van der Waals surface area contributed by atoms with E-state index in [9.17, 15) is 27.6 Å². The minimum Gasteiger partial charge on any atom is -0.456 e. The maximum atomic E-state index is 15.0. The molecule has 0 amide bonds. The van der Waals surface area contributed by atoms with Gasteiger partial charge in [-0.25, -0.2) is 23.5 Å². The molecular formula is C27H27F4N9O3. The molecule has 16 heteroatoms. The molecule has 1 unspecified atom stereocenters. The average Bonchev–Trinajstić information content (AvgIpc) is 3.70. The summed E-state index contributed by atoms with van der Waals surface area (Å²) in [6, 6.07) is 5.55. The number of fused-ring (bicyclic) bond motifs is 1. The van der Waals surface area contributed by atoms with Crippen LogP contribution >= 0.6 is 0 Å². The van der Waals surface area contributed by atoms with Gasteiger partial charge in [-0.15, -0.1) is 0 Å². The second kappa shape index (κ2) is 11.3. The molecule has 2 aliphatic rings. The molecule has 2 fully saturated rings. The molecule has 0 aromatic carbocycles. The number of hydrogen-bond donors (Lipinski definition) is 0. The van der Waals surface area contributed by atoms with Crippen LogP contribution in [0.5, 0.6) is 0 Å². The van der Waals surface area contributed by atoms with Crippen molar-refractivity contribution in [2.45, 2.75) is 57.2 Å². The number of carbonyl (C=O) groups excluding carboxylic acids is 1. The van der Waals surface area contributed by atoms with Crippen molar-refractivity contribution in [3.05, 3.63) is 30.3 Å². The highest BCUT2D eigenvalue weighted by molar-refractivity contribution is 5.99. The number of piperidine rings is 1. The fraction of sp³-hybridized carbons (Fsp3) is 0.481. The number of pyridine rings is 1. The number of nitriles is 1. The lowest BCUT2D eigenvalue weighted by Gasteiger charge is -2.34. The number of hydrogen-bond acceptors (Lipinski definition) is 9. The van der Waals surface area contributed by atoms with E-state index < -0.39 is 24.1 Å². The fourth-order valence-electron chi connectivity index (χ4n) is 5.66. The Kier molecular flexibility index (Phi) is 7.50. The predicted octanol–water partition coefficient (Wildman–Crippen LogP) is 4.13. The highest BCUT2D eigenvalue weighted by Crippen LogP contribution is 2.39. The van der Waals surface area contributed by atoms with Crippen molar-refractivity contribution < 1.29 is 31.8 Å². The quantitative estimate of drug-likeness (QED) is 0.237. The first kappa shape index (κ1) is 28.6. The van der Waals surface area contributed by atoms with Crippen molar-refractivity contribution in [2.24, 2.45) is 7.05 Å². The Balaban J connectivity index is 1.47. The van der Waals surface area contributed by atoms with E-state index in [4.69, 9.17) is 14.8 Å². The second-order valence-corrected chi connectivity index (χ2v) is 10.4. The zero-order valence-electron chi connectivity index (χ0n) is 23.1. The first-order chi connectivity index (χ1) is 20.7. The van der Waals surface area contributed by atoms with Crippen LogP contribution in [0.3, 0.4) is 0 Å². The number of anilines is 1. The van der Waals surface area contributed by atoms with Gasteiger partial charge in [0.1, 0.15) is 35.1 Å². The average molecular weight is 602 g/mol. The number of aromatic nitrogens is 7. The maximum absolute atomic E-state index is 15.0. The van der Waals surface area contributed by atoms with Crippen molar-refractivity contribution in [2.75, 3.05) is 24.6 Å². The van der Waals surface area contributed by atoms with Crippen LogP contribution in [0, 0.1) is 17.1 Å². The van der Waals surface area contributed by atoms with Crippen LogP contribution in [0.2, 0.25) is 0 Å². The molecule has 0 N–H and O–H groups in total. The molecule has 2 saturated heterocycles. The SMILES string of the molecule is Cn1ncc(F)c1-c1cc(N2CCC(OC(=O)C(F)(F)F)CC2)c2c(n1)c(-c1ccnn1C1CCCCO1)nn2CC#N. The maximum Gasteiger partial charge on any atom is 0.490 e. The number of halogens is 4. The van der Waals surface area contributed by atoms with Crippen LogP contribution < -0.4 is 4.90 Å². The highest BCUT2D eigenvalue weighted by atomic mass is 19.4. The molecule has 4 aromatic rings. The minimum atomic E-state index is -5.08. The molecule has 0 bridgehead atoms. The molecule has 43 heavy (non-hydrogen) atoms. The van der Waals surface area contributed by atoms with Gasteiger partial charge in [0.05, 0.1) is 29.3 Å². The standard InChI is InChI=1S/C27H27F4N9O3/c1-37-24(17(28)15-34-37)18-14-20(38-10-6-16(7-11-38)43-26(41)27(29,30)31)25-23(35-18)22(36-39(25)12-8-32)19-5-9-33-40(19)21-4-2-3-13-42-21/h5,9,14-16,21H,2-4,6-7,10-13H2,1H3. The van der Waals surface area contributed by atoms with Gasteiger partial charge in [0.25, 0.3) is 0 Å². The zero-order chi connectivity index (χ0) is 30.3. The van der Waals surface area contributed by atoms with E-state index in [1.54, 1.807) is 30.1 Å². The summed E-state index contributed by atoms with van der Waals surface area (Å²) in [4.78, 5) is 18.1. The molecule has 4 aromatic heterocycles. The monoisotopic (exact) mass is 601 g/mol. The summed E-state index contributed by atoms with van der Waals surface area (Å²) in [5, 5.41) is 22.9. The largest absolute Gasteiger partial charge is 0.490 e. The Bertz CT molecular complexity index is 1670. The van der Waals surface area contributed by atoms with Crippen LogP contribution in [-0.4, -0.2) is 72.3 Å². The van der Waals surface area contributed by atoms with Gasteiger partial charge < -0.3 is 14.4 Å². The van der Waals surface area contributed by atoms with Gasteiger partial charge in [-0.1, -0.05) is 0 Å². The van der Waals surface area contributed by atoms with Crippen molar-refractivity contribution in [3.63, 3.8) is 0 Å². The highest BCUT2D eigenvalue weighted by Gasteiger charge is 2.42.